The van der Waals surface area contributed by atoms with Crippen LogP contribution in [0.15, 0.2) is 11.6 Å². The molecule has 0 aromatic carbocycles. The number of hydrogen-bond acceptors (Lipinski definition) is 4. The number of rotatable bonds is 5. The number of carbonyl (C=O) groups excluding carboxylic acids is 2. The minimum atomic E-state index is -0.158. The molecular formula is C25H38O4. The van der Waals surface area contributed by atoms with E-state index in [4.69, 9.17) is 9.47 Å². The summed E-state index contributed by atoms with van der Waals surface area (Å²) >= 11 is 0. The van der Waals surface area contributed by atoms with Crippen LogP contribution in [0, 0.1) is 34.5 Å². The zero-order chi connectivity index (χ0) is 20.8. The van der Waals surface area contributed by atoms with Crippen LogP contribution >= 0.6 is 0 Å². The first kappa shape index (κ1) is 21.1. The quantitative estimate of drug-likeness (QED) is 0.453. The molecule has 3 fully saturated rings. The van der Waals surface area contributed by atoms with E-state index < -0.39 is 0 Å². The van der Waals surface area contributed by atoms with Gasteiger partial charge in [0.25, 0.3) is 0 Å². The molecule has 6 atom stereocenters. The third kappa shape index (κ3) is 3.71. The minimum Gasteiger partial charge on any atom is -0.438 e. The van der Waals surface area contributed by atoms with Gasteiger partial charge < -0.3 is 9.47 Å². The van der Waals surface area contributed by atoms with E-state index in [2.05, 4.69) is 13.8 Å². The van der Waals surface area contributed by atoms with Crippen LogP contribution in [0.4, 0.5) is 0 Å². The predicted molar refractivity (Wildman–Crippen MR) is 112 cm³/mol. The van der Waals surface area contributed by atoms with Gasteiger partial charge in [0.1, 0.15) is 0 Å². The van der Waals surface area contributed by atoms with Gasteiger partial charge >= 0.3 is 5.97 Å². The molecule has 4 heteroatoms. The molecular weight excluding hydrogens is 364 g/mol. The topological polar surface area (TPSA) is 52.6 Å². The van der Waals surface area contributed by atoms with Crippen molar-refractivity contribution in [3.8, 4) is 0 Å². The fraction of sp³-hybridized carbons (Fsp3) is 0.840. The Balaban J connectivity index is 1.42. The summed E-state index contributed by atoms with van der Waals surface area (Å²) in [5.41, 5.74) is 1.85. The summed E-state index contributed by atoms with van der Waals surface area (Å²) in [6.07, 6.45) is 11.4. The molecule has 4 aliphatic carbocycles. The Kier molecular flexibility index (Phi) is 5.69. The fourth-order valence-electron chi connectivity index (χ4n) is 7.36. The highest BCUT2D eigenvalue weighted by Crippen LogP contribution is 2.65. The molecule has 0 N–H and O–H groups in total. The summed E-state index contributed by atoms with van der Waals surface area (Å²) < 4.78 is 11.5. The Morgan fingerprint density at radius 3 is 2.66 bits per heavy atom. The molecule has 0 amide bonds. The van der Waals surface area contributed by atoms with E-state index >= 15 is 0 Å². The lowest BCUT2D eigenvalue weighted by atomic mass is 9.47. The standard InChI is InChI=1S/C25H38O4/c1-16(2)13-23(27)29-15-28-22-8-7-20-19-6-5-17-14-18(26)9-11-24(17,3)21(19)10-12-25(20,22)4/h14,16,19-22H,5-13,15H2,1-4H3/t19-,20-,21-,22-,24-,25-/m0/s1. The van der Waals surface area contributed by atoms with Crippen molar-refractivity contribution in [3.63, 3.8) is 0 Å². The van der Waals surface area contributed by atoms with Crippen molar-refractivity contribution < 1.29 is 19.1 Å². The van der Waals surface area contributed by atoms with Crippen LogP contribution in [0.5, 0.6) is 0 Å². The Labute approximate surface area is 175 Å². The van der Waals surface area contributed by atoms with Gasteiger partial charge in [0.2, 0.25) is 0 Å². The van der Waals surface area contributed by atoms with Gasteiger partial charge in [0.15, 0.2) is 12.6 Å². The van der Waals surface area contributed by atoms with Crippen molar-refractivity contribution in [1.82, 2.24) is 0 Å². The van der Waals surface area contributed by atoms with Crippen molar-refractivity contribution in [2.45, 2.75) is 91.6 Å². The van der Waals surface area contributed by atoms with E-state index in [9.17, 15) is 9.59 Å². The number of hydrogen-bond donors (Lipinski definition) is 0. The molecule has 162 valence electrons. The molecule has 0 aliphatic heterocycles. The van der Waals surface area contributed by atoms with Crippen LogP contribution in [-0.2, 0) is 19.1 Å². The highest BCUT2D eigenvalue weighted by Gasteiger charge is 2.59. The monoisotopic (exact) mass is 402 g/mol. The molecule has 0 bridgehead atoms. The van der Waals surface area contributed by atoms with Crippen molar-refractivity contribution >= 4 is 11.8 Å². The van der Waals surface area contributed by atoms with Crippen LogP contribution in [0.2, 0.25) is 0 Å². The van der Waals surface area contributed by atoms with Crippen molar-refractivity contribution in [2.75, 3.05) is 6.79 Å². The first-order valence-corrected chi connectivity index (χ1v) is 11.7. The van der Waals surface area contributed by atoms with E-state index in [0.29, 0.717) is 30.0 Å². The van der Waals surface area contributed by atoms with Crippen LogP contribution < -0.4 is 0 Å². The Morgan fingerprint density at radius 1 is 1.10 bits per heavy atom. The summed E-state index contributed by atoms with van der Waals surface area (Å²) in [5, 5.41) is 0. The molecule has 4 nitrogen and oxygen atoms in total. The van der Waals surface area contributed by atoms with E-state index in [1.807, 2.05) is 19.9 Å². The third-order valence-electron chi connectivity index (χ3n) is 8.94. The Bertz CT molecular complexity index is 695. The molecule has 0 heterocycles. The molecule has 3 saturated carbocycles. The highest BCUT2D eigenvalue weighted by molar-refractivity contribution is 5.91. The molecule has 0 spiro atoms. The van der Waals surface area contributed by atoms with Gasteiger partial charge in [0, 0.05) is 12.8 Å². The second-order valence-electron chi connectivity index (χ2n) is 11.0. The van der Waals surface area contributed by atoms with Gasteiger partial charge in [-0.1, -0.05) is 33.3 Å². The Hall–Kier alpha value is -1.16. The smallest absolute Gasteiger partial charge is 0.308 e. The van der Waals surface area contributed by atoms with Gasteiger partial charge in [-0.15, -0.1) is 0 Å². The van der Waals surface area contributed by atoms with E-state index in [-0.39, 0.29) is 29.7 Å². The molecule has 4 rings (SSSR count). The largest absolute Gasteiger partial charge is 0.438 e. The first-order chi connectivity index (χ1) is 13.7. The number of ether oxygens (including phenoxy) is 2. The maximum atomic E-state index is 12.0. The summed E-state index contributed by atoms with van der Waals surface area (Å²) in [6.45, 7) is 8.99. The van der Waals surface area contributed by atoms with Crippen molar-refractivity contribution in [2.24, 2.45) is 34.5 Å². The second-order valence-corrected chi connectivity index (χ2v) is 11.0. The van der Waals surface area contributed by atoms with Crippen LogP contribution in [0.3, 0.4) is 0 Å². The predicted octanol–water partition coefficient (Wildman–Crippen LogP) is 5.45. The molecule has 4 aliphatic rings. The molecule has 0 aromatic heterocycles. The van der Waals surface area contributed by atoms with Gasteiger partial charge in [-0.25, -0.2) is 0 Å². The van der Waals surface area contributed by atoms with Gasteiger partial charge in [-0.2, -0.15) is 0 Å². The van der Waals surface area contributed by atoms with E-state index in [1.165, 1.54) is 31.3 Å². The highest BCUT2D eigenvalue weighted by atomic mass is 16.7. The maximum Gasteiger partial charge on any atom is 0.308 e. The summed E-state index contributed by atoms with van der Waals surface area (Å²) in [5.74, 6) is 2.62. The number of fused-ring (bicyclic) bond motifs is 5. The normalized spacial score (nSPS) is 41.4. The number of esters is 1. The van der Waals surface area contributed by atoms with Crippen LogP contribution in [0.1, 0.15) is 85.5 Å². The summed E-state index contributed by atoms with van der Waals surface area (Å²) in [6, 6.07) is 0. The SMILES string of the molecule is CC(C)CC(=O)OCO[C@H]1CC[C@H]2[C@@H]3CCC4=CC(=O)CC[C@]4(C)[C@H]3CC[C@]12C. The lowest BCUT2D eigenvalue weighted by Gasteiger charge is -2.57. The molecule has 0 aromatic rings. The minimum absolute atomic E-state index is 0.0966. The molecule has 0 radical (unpaired) electrons. The molecule has 0 saturated heterocycles. The van der Waals surface area contributed by atoms with E-state index in [0.717, 1.165) is 31.6 Å². The van der Waals surface area contributed by atoms with E-state index in [1.54, 1.807) is 0 Å². The van der Waals surface area contributed by atoms with Crippen molar-refractivity contribution in [3.05, 3.63) is 11.6 Å². The van der Waals surface area contributed by atoms with Gasteiger partial charge in [-0.3, -0.25) is 9.59 Å². The summed E-state index contributed by atoms with van der Waals surface area (Å²) in [4.78, 5) is 23.8. The average molecular weight is 403 g/mol. The van der Waals surface area contributed by atoms with Crippen LogP contribution in [0.25, 0.3) is 0 Å². The maximum absolute atomic E-state index is 12.0. The fourth-order valence-corrected chi connectivity index (χ4v) is 7.36. The lowest BCUT2D eigenvalue weighted by Crippen LogP contribution is -2.51. The summed E-state index contributed by atoms with van der Waals surface area (Å²) in [7, 11) is 0. The molecule has 29 heavy (non-hydrogen) atoms. The van der Waals surface area contributed by atoms with Gasteiger partial charge in [0.05, 0.1) is 6.10 Å². The van der Waals surface area contributed by atoms with Crippen molar-refractivity contribution in [1.29, 1.82) is 0 Å². The number of allylic oxidation sites excluding steroid dienone is 1. The van der Waals surface area contributed by atoms with Gasteiger partial charge in [-0.05, 0) is 85.5 Å². The Morgan fingerprint density at radius 2 is 1.90 bits per heavy atom. The average Bonchev–Trinajstić information content (AvgIpc) is 2.98. The first-order valence-electron chi connectivity index (χ1n) is 11.7. The molecule has 0 unspecified atom stereocenters. The zero-order valence-electron chi connectivity index (χ0n) is 18.7. The van der Waals surface area contributed by atoms with Crippen LogP contribution in [-0.4, -0.2) is 24.6 Å². The lowest BCUT2D eigenvalue weighted by molar-refractivity contribution is -0.172. The number of ketones is 1. The second kappa shape index (κ2) is 7.83. The zero-order valence-corrected chi connectivity index (χ0v) is 18.7. The number of carbonyl (C=O) groups is 2. The third-order valence-corrected chi connectivity index (χ3v) is 8.94.